The second-order valence-corrected chi connectivity index (χ2v) is 7.88. The first-order chi connectivity index (χ1) is 15.1. The Morgan fingerprint density at radius 2 is 1.68 bits per heavy atom. The smallest absolute Gasteiger partial charge is 0.244 e. The molecule has 0 heterocycles. The average Bonchev–Trinajstić information content (AvgIpc) is 2.77. The summed E-state index contributed by atoms with van der Waals surface area (Å²) in [6, 6.07) is 12.8. The fraction of sp³-hybridized carbons (Fsp3) is 0.440. The van der Waals surface area contributed by atoms with E-state index < -0.39 is 0 Å². The number of amides is 1. The van der Waals surface area contributed by atoms with Gasteiger partial charge in [-0.15, -0.1) is 0 Å². The third-order valence-electron chi connectivity index (χ3n) is 4.91. The van der Waals surface area contributed by atoms with Crippen LogP contribution in [0.1, 0.15) is 63.0 Å². The number of hydrazone groups is 1. The Bertz CT molecular complexity index is 822. The van der Waals surface area contributed by atoms with Crippen molar-refractivity contribution in [3.05, 3.63) is 58.6 Å². The summed E-state index contributed by atoms with van der Waals surface area (Å²) in [5.74, 6) is 1.30. The number of hydrogen-bond acceptors (Lipinski definition) is 4. The van der Waals surface area contributed by atoms with Gasteiger partial charge < -0.3 is 9.47 Å². The van der Waals surface area contributed by atoms with Crippen LogP contribution in [0.2, 0.25) is 5.02 Å². The number of ether oxygens (including phenoxy) is 2. The maximum atomic E-state index is 12.0. The van der Waals surface area contributed by atoms with Crippen LogP contribution in [0, 0.1) is 0 Å². The van der Waals surface area contributed by atoms with Crippen molar-refractivity contribution in [2.75, 3.05) is 13.7 Å². The quantitative estimate of drug-likeness (QED) is 0.215. The molecule has 2 aromatic carbocycles. The van der Waals surface area contributed by atoms with Gasteiger partial charge in [0.2, 0.25) is 5.91 Å². The molecule has 168 valence electrons. The molecule has 0 bridgehead atoms. The molecule has 0 aliphatic rings. The Morgan fingerprint density at radius 1 is 1.00 bits per heavy atom. The Labute approximate surface area is 190 Å². The van der Waals surface area contributed by atoms with Gasteiger partial charge in [-0.1, -0.05) is 69.2 Å². The SMILES string of the molecule is CCCCCCCCCOc1ccc(/C=N\NC(=O)Cc2ccc(OC)cc2)c(Cl)c1. The molecule has 0 fully saturated rings. The van der Waals surface area contributed by atoms with Crippen molar-refractivity contribution in [3.63, 3.8) is 0 Å². The molecule has 1 amide bonds. The van der Waals surface area contributed by atoms with Crippen LogP contribution >= 0.6 is 11.6 Å². The topological polar surface area (TPSA) is 59.9 Å². The largest absolute Gasteiger partial charge is 0.497 e. The van der Waals surface area contributed by atoms with Crippen LogP contribution in [-0.2, 0) is 11.2 Å². The minimum Gasteiger partial charge on any atom is -0.497 e. The fourth-order valence-electron chi connectivity index (χ4n) is 3.09. The van der Waals surface area contributed by atoms with Gasteiger partial charge in [0.15, 0.2) is 0 Å². The predicted octanol–water partition coefficient (Wildman–Crippen LogP) is 6.17. The number of halogens is 1. The lowest BCUT2D eigenvalue weighted by atomic mass is 10.1. The first kappa shape index (κ1) is 24.7. The summed E-state index contributed by atoms with van der Waals surface area (Å²) in [4.78, 5) is 12.0. The normalized spacial score (nSPS) is 10.9. The van der Waals surface area contributed by atoms with Gasteiger partial charge in [0, 0.05) is 5.56 Å². The van der Waals surface area contributed by atoms with E-state index in [1.807, 2.05) is 36.4 Å². The van der Waals surface area contributed by atoms with Crippen LogP contribution < -0.4 is 14.9 Å². The molecule has 0 atom stereocenters. The van der Waals surface area contributed by atoms with E-state index in [0.717, 1.165) is 29.0 Å². The van der Waals surface area contributed by atoms with E-state index >= 15 is 0 Å². The third kappa shape index (κ3) is 9.88. The minimum absolute atomic E-state index is 0.202. The molecule has 0 saturated heterocycles. The van der Waals surface area contributed by atoms with Crippen LogP contribution in [0.4, 0.5) is 0 Å². The van der Waals surface area contributed by atoms with Gasteiger partial charge in [-0.25, -0.2) is 5.43 Å². The van der Waals surface area contributed by atoms with Gasteiger partial charge in [0.1, 0.15) is 11.5 Å². The number of carbonyl (C=O) groups is 1. The van der Waals surface area contributed by atoms with Crippen LogP contribution in [0.5, 0.6) is 11.5 Å². The lowest BCUT2D eigenvalue weighted by molar-refractivity contribution is -0.120. The van der Waals surface area contributed by atoms with Crippen LogP contribution in [0.25, 0.3) is 0 Å². The predicted molar refractivity (Wildman–Crippen MR) is 127 cm³/mol. The molecule has 1 N–H and O–H groups in total. The maximum Gasteiger partial charge on any atom is 0.244 e. The second-order valence-electron chi connectivity index (χ2n) is 7.47. The van der Waals surface area contributed by atoms with E-state index in [4.69, 9.17) is 21.1 Å². The number of nitrogens with one attached hydrogen (secondary N) is 1. The van der Waals surface area contributed by atoms with Crippen molar-refractivity contribution in [2.24, 2.45) is 5.10 Å². The molecule has 2 aromatic rings. The molecule has 0 aromatic heterocycles. The van der Waals surface area contributed by atoms with Gasteiger partial charge in [-0.3, -0.25) is 4.79 Å². The molecule has 0 aliphatic carbocycles. The number of benzene rings is 2. The molecular weight excluding hydrogens is 412 g/mol. The van der Waals surface area contributed by atoms with Crippen molar-refractivity contribution < 1.29 is 14.3 Å². The summed E-state index contributed by atoms with van der Waals surface area (Å²) in [5.41, 5.74) is 4.13. The third-order valence-corrected chi connectivity index (χ3v) is 5.23. The minimum atomic E-state index is -0.202. The number of unbranched alkanes of at least 4 members (excludes halogenated alkanes) is 6. The average molecular weight is 445 g/mol. The zero-order chi connectivity index (χ0) is 22.3. The van der Waals surface area contributed by atoms with E-state index in [9.17, 15) is 4.79 Å². The summed E-state index contributed by atoms with van der Waals surface area (Å²) in [7, 11) is 1.61. The van der Waals surface area contributed by atoms with Crippen molar-refractivity contribution >= 4 is 23.7 Å². The van der Waals surface area contributed by atoms with Gasteiger partial charge in [0.25, 0.3) is 0 Å². The lowest BCUT2D eigenvalue weighted by Gasteiger charge is -2.08. The van der Waals surface area contributed by atoms with E-state index in [1.54, 1.807) is 13.2 Å². The van der Waals surface area contributed by atoms with Crippen molar-refractivity contribution in [3.8, 4) is 11.5 Å². The van der Waals surface area contributed by atoms with Gasteiger partial charge >= 0.3 is 0 Å². The van der Waals surface area contributed by atoms with Crippen LogP contribution in [0.3, 0.4) is 0 Å². The monoisotopic (exact) mass is 444 g/mol. The molecule has 6 heteroatoms. The molecule has 0 saturated carbocycles. The zero-order valence-electron chi connectivity index (χ0n) is 18.5. The summed E-state index contributed by atoms with van der Waals surface area (Å²) in [5, 5.41) is 4.54. The Hall–Kier alpha value is -2.53. The summed E-state index contributed by atoms with van der Waals surface area (Å²) in [6.45, 7) is 2.93. The Kier molecular flexibility index (Phi) is 11.5. The molecule has 0 radical (unpaired) electrons. The number of nitrogens with zero attached hydrogens (tertiary/aromatic N) is 1. The first-order valence-corrected chi connectivity index (χ1v) is 11.4. The summed E-state index contributed by atoms with van der Waals surface area (Å²) in [6.07, 6.45) is 10.5. The van der Waals surface area contributed by atoms with Gasteiger partial charge in [-0.2, -0.15) is 5.10 Å². The van der Waals surface area contributed by atoms with Crippen molar-refractivity contribution in [2.45, 2.75) is 58.3 Å². The van der Waals surface area contributed by atoms with E-state index in [2.05, 4.69) is 17.5 Å². The van der Waals surface area contributed by atoms with Crippen LogP contribution in [-0.4, -0.2) is 25.8 Å². The molecule has 0 spiro atoms. The molecule has 5 nitrogen and oxygen atoms in total. The van der Waals surface area contributed by atoms with Crippen LogP contribution in [0.15, 0.2) is 47.6 Å². The van der Waals surface area contributed by atoms with E-state index in [0.29, 0.717) is 11.6 Å². The zero-order valence-corrected chi connectivity index (χ0v) is 19.3. The summed E-state index contributed by atoms with van der Waals surface area (Å²) >= 11 is 6.32. The van der Waals surface area contributed by atoms with Crippen molar-refractivity contribution in [1.29, 1.82) is 0 Å². The van der Waals surface area contributed by atoms with E-state index in [1.165, 1.54) is 44.7 Å². The molecule has 0 aliphatic heterocycles. The highest BCUT2D eigenvalue weighted by atomic mass is 35.5. The standard InChI is InChI=1S/C25H33ClN2O3/c1-3-4-5-6-7-8-9-16-31-23-15-12-21(24(26)18-23)19-27-28-25(29)17-20-10-13-22(30-2)14-11-20/h10-15,18-19H,3-9,16-17H2,1-2H3,(H,28,29)/b27-19-. The molecule has 2 rings (SSSR count). The van der Waals surface area contributed by atoms with Crippen molar-refractivity contribution in [1.82, 2.24) is 5.43 Å². The second kappa shape index (κ2) is 14.5. The maximum absolute atomic E-state index is 12.0. The van der Waals surface area contributed by atoms with E-state index in [-0.39, 0.29) is 12.3 Å². The lowest BCUT2D eigenvalue weighted by Crippen LogP contribution is -2.19. The number of methoxy groups -OCH3 is 1. The van der Waals surface area contributed by atoms with Gasteiger partial charge in [0.05, 0.1) is 31.4 Å². The highest BCUT2D eigenvalue weighted by Crippen LogP contribution is 2.22. The van der Waals surface area contributed by atoms with Gasteiger partial charge in [-0.05, 0) is 42.3 Å². The molecule has 0 unspecified atom stereocenters. The molecular formula is C25H33ClN2O3. The fourth-order valence-corrected chi connectivity index (χ4v) is 3.31. The number of hydrogen-bond donors (Lipinski definition) is 1. The highest BCUT2D eigenvalue weighted by molar-refractivity contribution is 6.33. The Balaban J connectivity index is 1.70. The number of rotatable bonds is 14. The summed E-state index contributed by atoms with van der Waals surface area (Å²) < 4.78 is 10.9. The first-order valence-electron chi connectivity index (χ1n) is 11.0. The highest BCUT2D eigenvalue weighted by Gasteiger charge is 2.04. The molecule has 31 heavy (non-hydrogen) atoms. The Morgan fingerprint density at radius 3 is 2.35 bits per heavy atom. The number of carbonyl (C=O) groups excluding carboxylic acids is 1.